The number of carboxylic acid groups (broad SMARTS) is 1. The predicted molar refractivity (Wildman–Crippen MR) is 72.3 cm³/mol. The van der Waals surface area contributed by atoms with Crippen molar-refractivity contribution < 1.29 is 14.7 Å². The molecule has 0 aromatic rings. The predicted octanol–water partition coefficient (Wildman–Crippen LogP) is 2.68. The molecule has 0 rings (SSSR count). The lowest BCUT2D eigenvalue weighted by atomic mass is 9.83. The van der Waals surface area contributed by atoms with Gasteiger partial charge in [-0.25, -0.2) is 0 Å². The Morgan fingerprint density at radius 3 is 2.00 bits per heavy atom. The minimum absolute atomic E-state index is 0.00242. The molecule has 0 radical (unpaired) electrons. The second kappa shape index (κ2) is 6.21. The summed E-state index contributed by atoms with van der Waals surface area (Å²) in [4.78, 5) is 22.9. The summed E-state index contributed by atoms with van der Waals surface area (Å²) < 4.78 is 0. The van der Waals surface area contributed by atoms with E-state index in [1.165, 1.54) is 0 Å². The number of aliphatic carboxylic acids is 1. The van der Waals surface area contributed by atoms with Gasteiger partial charge in [0.25, 0.3) is 0 Å². The van der Waals surface area contributed by atoms with E-state index in [-0.39, 0.29) is 5.91 Å². The Morgan fingerprint density at radius 2 is 1.61 bits per heavy atom. The van der Waals surface area contributed by atoms with E-state index in [4.69, 9.17) is 5.11 Å². The van der Waals surface area contributed by atoms with E-state index in [2.05, 4.69) is 19.2 Å². The molecular weight excluding hydrogens is 230 g/mol. The van der Waals surface area contributed by atoms with Crippen molar-refractivity contribution in [3.8, 4) is 0 Å². The van der Waals surface area contributed by atoms with Gasteiger partial charge in [-0.3, -0.25) is 9.59 Å². The van der Waals surface area contributed by atoms with E-state index in [0.29, 0.717) is 18.9 Å². The van der Waals surface area contributed by atoms with Gasteiger partial charge in [0.05, 0.1) is 5.41 Å². The quantitative estimate of drug-likeness (QED) is 0.737. The van der Waals surface area contributed by atoms with Crippen molar-refractivity contribution in [2.24, 2.45) is 16.7 Å². The first kappa shape index (κ1) is 16.9. The Morgan fingerprint density at radius 1 is 1.11 bits per heavy atom. The van der Waals surface area contributed by atoms with Crippen molar-refractivity contribution >= 4 is 11.9 Å². The fraction of sp³-hybridized carbons (Fsp3) is 0.857. The summed E-state index contributed by atoms with van der Waals surface area (Å²) in [6.07, 6.45) is 1.26. The van der Waals surface area contributed by atoms with Gasteiger partial charge in [0.15, 0.2) is 0 Å². The van der Waals surface area contributed by atoms with Gasteiger partial charge in [-0.1, -0.05) is 27.7 Å². The van der Waals surface area contributed by atoms with Crippen molar-refractivity contribution in [3.05, 3.63) is 0 Å². The average Bonchev–Trinajstić information content (AvgIpc) is 2.14. The van der Waals surface area contributed by atoms with Crippen LogP contribution in [0.2, 0.25) is 0 Å². The van der Waals surface area contributed by atoms with Gasteiger partial charge in [-0.05, 0) is 32.6 Å². The summed E-state index contributed by atoms with van der Waals surface area (Å²) in [6, 6.07) is 0. The third kappa shape index (κ3) is 5.52. The third-order valence-corrected chi connectivity index (χ3v) is 3.15. The molecule has 0 aromatic carbocycles. The Labute approximate surface area is 110 Å². The molecule has 0 unspecified atom stereocenters. The van der Waals surface area contributed by atoms with E-state index < -0.39 is 16.8 Å². The van der Waals surface area contributed by atoms with Gasteiger partial charge in [-0.15, -0.1) is 0 Å². The molecule has 1 amide bonds. The molecule has 0 heterocycles. The number of carbonyl (C=O) groups excluding carboxylic acids is 1. The molecule has 0 saturated carbocycles. The van der Waals surface area contributed by atoms with Gasteiger partial charge in [0, 0.05) is 12.0 Å². The summed E-state index contributed by atoms with van der Waals surface area (Å²) in [5.74, 6) is -0.378. The number of carboxylic acids is 1. The maximum atomic E-state index is 12.0. The van der Waals surface area contributed by atoms with Crippen LogP contribution < -0.4 is 5.32 Å². The van der Waals surface area contributed by atoms with Crippen LogP contribution in [0, 0.1) is 16.7 Å². The molecule has 0 saturated heterocycles. The topological polar surface area (TPSA) is 66.4 Å². The lowest BCUT2D eigenvalue weighted by Gasteiger charge is -2.26. The van der Waals surface area contributed by atoms with Gasteiger partial charge in [-0.2, -0.15) is 0 Å². The van der Waals surface area contributed by atoms with Crippen molar-refractivity contribution in [2.45, 2.75) is 54.4 Å². The highest BCUT2D eigenvalue weighted by atomic mass is 16.4. The third-order valence-electron chi connectivity index (χ3n) is 3.15. The zero-order valence-corrected chi connectivity index (χ0v) is 12.5. The SMILES string of the molecule is CC(C)CC(C)(C)C(=O)NCCC(C)(C)C(=O)O. The minimum Gasteiger partial charge on any atom is -0.481 e. The zero-order valence-electron chi connectivity index (χ0n) is 12.5. The van der Waals surface area contributed by atoms with Crippen molar-refractivity contribution in [1.29, 1.82) is 0 Å². The lowest BCUT2D eigenvalue weighted by molar-refractivity contribution is -0.147. The summed E-state index contributed by atoms with van der Waals surface area (Å²) in [7, 11) is 0. The Kier molecular flexibility index (Phi) is 5.84. The highest BCUT2D eigenvalue weighted by Gasteiger charge is 2.30. The number of hydrogen-bond acceptors (Lipinski definition) is 2. The lowest BCUT2D eigenvalue weighted by Crippen LogP contribution is -2.40. The van der Waals surface area contributed by atoms with Crippen LogP contribution >= 0.6 is 0 Å². The fourth-order valence-corrected chi connectivity index (χ4v) is 1.95. The molecule has 18 heavy (non-hydrogen) atoms. The molecule has 0 spiro atoms. The van der Waals surface area contributed by atoms with Gasteiger partial charge in [0.2, 0.25) is 5.91 Å². The maximum Gasteiger partial charge on any atom is 0.309 e. The van der Waals surface area contributed by atoms with Crippen LogP contribution in [0.1, 0.15) is 54.4 Å². The number of nitrogens with one attached hydrogen (secondary N) is 1. The zero-order chi connectivity index (χ0) is 14.6. The van der Waals surface area contributed by atoms with Crippen LogP contribution in [-0.2, 0) is 9.59 Å². The molecule has 0 aliphatic rings. The number of hydrogen-bond donors (Lipinski definition) is 2. The molecule has 0 bridgehead atoms. The molecule has 0 fully saturated rings. The van der Waals surface area contributed by atoms with E-state index in [9.17, 15) is 9.59 Å². The molecule has 2 N–H and O–H groups in total. The summed E-state index contributed by atoms with van der Waals surface area (Å²) in [5.41, 5.74) is -1.20. The molecule has 4 heteroatoms. The molecular formula is C14H27NO3. The standard InChI is InChI=1S/C14H27NO3/c1-10(2)9-14(5,6)11(16)15-8-7-13(3,4)12(17)18/h10H,7-9H2,1-6H3,(H,15,16)(H,17,18). The average molecular weight is 257 g/mol. The molecule has 106 valence electrons. The fourth-order valence-electron chi connectivity index (χ4n) is 1.95. The summed E-state index contributed by atoms with van der Waals surface area (Å²) in [6.45, 7) is 11.8. The molecule has 0 atom stereocenters. The van der Waals surface area contributed by atoms with Crippen molar-refractivity contribution in [1.82, 2.24) is 5.32 Å². The largest absolute Gasteiger partial charge is 0.481 e. The first-order chi connectivity index (χ1) is 7.99. The molecule has 0 aliphatic carbocycles. The van der Waals surface area contributed by atoms with Crippen LogP contribution in [0.15, 0.2) is 0 Å². The first-order valence-electron chi connectivity index (χ1n) is 6.51. The highest BCUT2D eigenvalue weighted by Crippen LogP contribution is 2.25. The number of carbonyl (C=O) groups is 2. The Hall–Kier alpha value is -1.06. The van der Waals surface area contributed by atoms with Crippen molar-refractivity contribution in [2.75, 3.05) is 6.54 Å². The van der Waals surface area contributed by atoms with E-state index in [1.807, 2.05) is 13.8 Å². The maximum absolute atomic E-state index is 12.0. The van der Waals surface area contributed by atoms with Gasteiger partial charge >= 0.3 is 5.97 Å². The first-order valence-corrected chi connectivity index (χ1v) is 6.51. The summed E-state index contributed by atoms with van der Waals surface area (Å²) >= 11 is 0. The van der Waals surface area contributed by atoms with Crippen LogP contribution in [0.5, 0.6) is 0 Å². The van der Waals surface area contributed by atoms with E-state index >= 15 is 0 Å². The number of rotatable bonds is 7. The number of amides is 1. The normalized spacial score (nSPS) is 12.6. The van der Waals surface area contributed by atoms with Crippen LogP contribution in [0.3, 0.4) is 0 Å². The molecule has 0 aromatic heterocycles. The van der Waals surface area contributed by atoms with Gasteiger partial charge in [0.1, 0.15) is 0 Å². The second-order valence-electron chi connectivity index (χ2n) is 6.68. The Balaban J connectivity index is 4.23. The van der Waals surface area contributed by atoms with Crippen LogP contribution in [0.4, 0.5) is 0 Å². The Bertz CT molecular complexity index is 306. The van der Waals surface area contributed by atoms with Crippen LogP contribution in [0.25, 0.3) is 0 Å². The molecule has 4 nitrogen and oxygen atoms in total. The second-order valence-corrected chi connectivity index (χ2v) is 6.68. The smallest absolute Gasteiger partial charge is 0.309 e. The van der Waals surface area contributed by atoms with E-state index in [1.54, 1.807) is 13.8 Å². The molecule has 0 aliphatic heterocycles. The highest BCUT2D eigenvalue weighted by molar-refractivity contribution is 5.81. The monoisotopic (exact) mass is 257 g/mol. The van der Waals surface area contributed by atoms with E-state index in [0.717, 1.165) is 6.42 Å². The van der Waals surface area contributed by atoms with Gasteiger partial charge < -0.3 is 10.4 Å². The minimum atomic E-state index is -0.835. The summed E-state index contributed by atoms with van der Waals surface area (Å²) in [5, 5.41) is 11.8. The van der Waals surface area contributed by atoms with Crippen molar-refractivity contribution in [3.63, 3.8) is 0 Å². The van der Waals surface area contributed by atoms with Crippen LogP contribution in [-0.4, -0.2) is 23.5 Å².